The third kappa shape index (κ3) is 2.43. The SMILES string of the molecule is O=C(NC/C=C/Cl)c1ccco1. The molecule has 3 nitrogen and oxygen atoms in total. The summed E-state index contributed by atoms with van der Waals surface area (Å²) in [6.07, 6.45) is 3.08. The summed E-state index contributed by atoms with van der Waals surface area (Å²) in [6.45, 7) is 0.406. The van der Waals surface area contributed by atoms with E-state index in [1.807, 2.05) is 0 Å². The summed E-state index contributed by atoms with van der Waals surface area (Å²) in [7, 11) is 0. The molecule has 0 aliphatic rings. The summed E-state index contributed by atoms with van der Waals surface area (Å²) >= 11 is 5.25. The van der Waals surface area contributed by atoms with Crippen LogP contribution in [0.5, 0.6) is 0 Å². The Hall–Kier alpha value is -1.22. The fraction of sp³-hybridized carbons (Fsp3) is 0.125. The van der Waals surface area contributed by atoms with Crippen molar-refractivity contribution in [2.24, 2.45) is 0 Å². The maximum atomic E-state index is 11.1. The number of hydrogen-bond donors (Lipinski definition) is 1. The van der Waals surface area contributed by atoms with E-state index < -0.39 is 0 Å². The van der Waals surface area contributed by atoms with Gasteiger partial charge in [0, 0.05) is 12.1 Å². The molecular formula is C8H8ClNO2. The van der Waals surface area contributed by atoms with Crippen LogP contribution in [-0.2, 0) is 0 Å². The highest BCUT2D eigenvalue weighted by Gasteiger charge is 2.04. The third-order valence-electron chi connectivity index (χ3n) is 1.21. The van der Waals surface area contributed by atoms with E-state index in [2.05, 4.69) is 5.32 Å². The van der Waals surface area contributed by atoms with Crippen molar-refractivity contribution >= 4 is 17.5 Å². The van der Waals surface area contributed by atoms with Crippen LogP contribution in [0.15, 0.2) is 34.4 Å². The first-order chi connectivity index (χ1) is 5.84. The molecule has 12 heavy (non-hydrogen) atoms. The number of nitrogens with one attached hydrogen (secondary N) is 1. The zero-order chi connectivity index (χ0) is 8.81. The molecule has 1 rings (SSSR count). The Morgan fingerprint density at radius 1 is 1.75 bits per heavy atom. The molecule has 0 atom stereocenters. The maximum Gasteiger partial charge on any atom is 0.287 e. The van der Waals surface area contributed by atoms with Gasteiger partial charge in [0.25, 0.3) is 5.91 Å². The number of carbonyl (C=O) groups excluding carboxylic acids is 1. The van der Waals surface area contributed by atoms with Crippen LogP contribution in [0.3, 0.4) is 0 Å². The van der Waals surface area contributed by atoms with Crippen molar-refractivity contribution in [2.45, 2.75) is 0 Å². The van der Waals surface area contributed by atoms with Crippen molar-refractivity contribution in [3.63, 3.8) is 0 Å². The van der Waals surface area contributed by atoms with E-state index in [9.17, 15) is 4.79 Å². The van der Waals surface area contributed by atoms with Gasteiger partial charge in [0.2, 0.25) is 0 Å². The van der Waals surface area contributed by atoms with Crippen LogP contribution in [0, 0.1) is 0 Å². The second kappa shape index (κ2) is 4.62. The lowest BCUT2D eigenvalue weighted by molar-refractivity contribution is 0.0930. The van der Waals surface area contributed by atoms with Crippen molar-refractivity contribution in [2.75, 3.05) is 6.54 Å². The van der Waals surface area contributed by atoms with Crippen LogP contribution < -0.4 is 5.32 Å². The molecule has 4 heteroatoms. The first kappa shape index (κ1) is 8.87. The Bertz CT molecular complexity index is 267. The van der Waals surface area contributed by atoms with Gasteiger partial charge >= 0.3 is 0 Å². The van der Waals surface area contributed by atoms with Gasteiger partial charge in [0.05, 0.1) is 6.26 Å². The Balaban J connectivity index is 2.40. The topological polar surface area (TPSA) is 42.2 Å². The molecular weight excluding hydrogens is 178 g/mol. The first-order valence-corrected chi connectivity index (χ1v) is 3.85. The molecule has 0 bridgehead atoms. The molecule has 1 N–H and O–H groups in total. The van der Waals surface area contributed by atoms with E-state index in [0.29, 0.717) is 12.3 Å². The van der Waals surface area contributed by atoms with E-state index in [-0.39, 0.29) is 5.91 Å². The molecule has 0 aromatic carbocycles. The van der Waals surface area contributed by atoms with Crippen LogP contribution in [0.4, 0.5) is 0 Å². The molecule has 1 amide bonds. The molecule has 1 heterocycles. The molecule has 1 aromatic heterocycles. The fourth-order valence-corrected chi connectivity index (χ4v) is 0.780. The molecule has 1 aromatic rings. The lowest BCUT2D eigenvalue weighted by Gasteiger charge is -1.96. The van der Waals surface area contributed by atoms with Crippen LogP contribution in [0.2, 0.25) is 0 Å². The molecule has 0 aliphatic carbocycles. The minimum absolute atomic E-state index is 0.241. The smallest absolute Gasteiger partial charge is 0.287 e. The van der Waals surface area contributed by atoms with Crippen LogP contribution in [0.25, 0.3) is 0 Å². The van der Waals surface area contributed by atoms with Crippen LogP contribution >= 0.6 is 11.6 Å². The van der Waals surface area contributed by atoms with E-state index >= 15 is 0 Å². The van der Waals surface area contributed by atoms with E-state index in [0.717, 1.165) is 0 Å². The number of carbonyl (C=O) groups is 1. The van der Waals surface area contributed by atoms with Crippen molar-refractivity contribution < 1.29 is 9.21 Å². The van der Waals surface area contributed by atoms with E-state index in [1.54, 1.807) is 18.2 Å². The quantitative estimate of drug-likeness (QED) is 0.780. The van der Waals surface area contributed by atoms with Gasteiger partial charge in [-0.25, -0.2) is 0 Å². The normalized spacial score (nSPS) is 10.4. The van der Waals surface area contributed by atoms with Crippen molar-refractivity contribution in [1.82, 2.24) is 5.32 Å². The number of amides is 1. The Kier molecular flexibility index (Phi) is 3.41. The molecule has 0 saturated heterocycles. The molecule has 0 radical (unpaired) electrons. The summed E-state index contributed by atoms with van der Waals surface area (Å²) in [5.74, 6) is 0.0627. The average Bonchev–Trinajstić information content (AvgIpc) is 2.56. The summed E-state index contributed by atoms with van der Waals surface area (Å²) in [5.41, 5.74) is 1.35. The highest BCUT2D eigenvalue weighted by molar-refractivity contribution is 6.25. The lowest BCUT2D eigenvalue weighted by Crippen LogP contribution is -2.22. The molecule has 0 unspecified atom stereocenters. The highest BCUT2D eigenvalue weighted by atomic mass is 35.5. The largest absolute Gasteiger partial charge is 0.459 e. The van der Waals surface area contributed by atoms with Crippen molar-refractivity contribution in [3.8, 4) is 0 Å². The summed E-state index contributed by atoms with van der Waals surface area (Å²) in [6, 6.07) is 3.26. The van der Waals surface area contributed by atoms with Gasteiger partial charge in [-0.3, -0.25) is 4.79 Å². The number of rotatable bonds is 3. The minimum Gasteiger partial charge on any atom is -0.459 e. The fourth-order valence-electron chi connectivity index (χ4n) is 0.691. The second-order valence-corrected chi connectivity index (χ2v) is 2.30. The zero-order valence-corrected chi connectivity index (χ0v) is 7.04. The van der Waals surface area contributed by atoms with Gasteiger partial charge in [0.15, 0.2) is 5.76 Å². The third-order valence-corrected chi connectivity index (χ3v) is 1.39. The van der Waals surface area contributed by atoms with E-state index in [4.69, 9.17) is 16.0 Å². The van der Waals surface area contributed by atoms with Gasteiger partial charge in [-0.15, -0.1) is 0 Å². The van der Waals surface area contributed by atoms with Crippen LogP contribution in [-0.4, -0.2) is 12.5 Å². The molecule has 0 spiro atoms. The zero-order valence-electron chi connectivity index (χ0n) is 6.29. The predicted octanol–water partition coefficient (Wildman–Crippen LogP) is 1.76. The van der Waals surface area contributed by atoms with Gasteiger partial charge in [-0.2, -0.15) is 0 Å². The van der Waals surface area contributed by atoms with Gasteiger partial charge in [-0.1, -0.05) is 17.7 Å². The number of hydrogen-bond acceptors (Lipinski definition) is 2. The minimum atomic E-state index is -0.241. The number of furan rings is 1. The maximum absolute atomic E-state index is 11.1. The summed E-state index contributed by atoms with van der Waals surface area (Å²) in [4.78, 5) is 11.1. The Labute approximate surface area is 75.0 Å². The van der Waals surface area contributed by atoms with Gasteiger partial charge in [-0.05, 0) is 12.1 Å². The lowest BCUT2D eigenvalue weighted by atomic mass is 10.4. The summed E-state index contributed by atoms with van der Waals surface area (Å²) < 4.78 is 4.86. The summed E-state index contributed by atoms with van der Waals surface area (Å²) in [5, 5.41) is 2.58. The average molecular weight is 186 g/mol. The second-order valence-electron chi connectivity index (χ2n) is 2.05. The van der Waals surface area contributed by atoms with Gasteiger partial charge in [0.1, 0.15) is 0 Å². The first-order valence-electron chi connectivity index (χ1n) is 3.41. The van der Waals surface area contributed by atoms with Crippen LogP contribution in [0.1, 0.15) is 10.6 Å². The van der Waals surface area contributed by atoms with Gasteiger partial charge < -0.3 is 9.73 Å². The molecule has 64 valence electrons. The standard InChI is InChI=1S/C8H8ClNO2/c9-4-2-5-10-8(11)7-3-1-6-12-7/h1-4,6H,5H2,(H,10,11)/b4-2+. The van der Waals surface area contributed by atoms with Crippen molar-refractivity contribution in [1.29, 1.82) is 0 Å². The molecule has 0 fully saturated rings. The van der Waals surface area contributed by atoms with E-state index in [1.165, 1.54) is 11.8 Å². The number of halogens is 1. The van der Waals surface area contributed by atoms with Crippen molar-refractivity contribution in [3.05, 3.63) is 35.8 Å². The Morgan fingerprint density at radius 3 is 3.17 bits per heavy atom. The predicted molar refractivity (Wildman–Crippen MR) is 46.0 cm³/mol. The monoisotopic (exact) mass is 185 g/mol. The highest BCUT2D eigenvalue weighted by Crippen LogP contribution is 1.98. The molecule has 0 saturated carbocycles. The Morgan fingerprint density at radius 2 is 2.58 bits per heavy atom. The molecule has 0 aliphatic heterocycles.